The van der Waals surface area contributed by atoms with Crippen LogP contribution >= 0.6 is 0 Å². The van der Waals surface area contributed by atoms with Crippen molar-refractivity contribution in [2.24, 2.45) is 0 Å². The van der Waals surface area contributed by atoms with E-state index >= 15 is 0 Å². The Labute approximate surface area is 130 Å². The molecule has 0 radical (unpaired) electrons. The number of carbonyl (C=O) groups is 1. The summed E-state index contributed by atoms with van der Waals surface area (Å²) in [5.41, 5.74) is 1.40. The van der Waals surface area contributed by atoms with Crippen LogP contribution in [0.4, 0.5) is 0 Å². The summed E-state index contributed by atoms with van der Waals surface area (Å²) in [6, 6.07) is 0.199. The van der Waals surface area contributed by atoms with Crippen molar-refractivity contribution in [3.05, 3.63) is 11.6 Å². The maximum atomic E-state index is 12.4. The highest BCUT2D eigenvalue weighted by atomic mass is 16.7. The van der Waals surface area contributed by atoms with Gasteiger partial charge in [-0.05, 0) is 39.0 Å². The van der Waals surface area contributed by atoms with E-state index in [1.165, 1.54) is 44.1 Å². The molecule has 1 heterocycles. The molecule has 0 N–H and O–H groups in total. The van der Waals surface area contributed by atoms with Crippen molar-refractivity contribution in [3.63, 3.8) is 0 Å². The van der Waals surface area contributed by atoms with Crippen LogP contribution in [0.5, 0.6) is 0 Å². The maximum absolute atomic E-state index is 12.4. The Kier molecular flexibility index (Phi) is 9.40. The second-order valence-electron chi connectivity index (χ2n) is 6.26. The first-order chi connectivity index (χ1) is 10.2. The zero-order chi connectivity index (χ0) is 15.5. The van der Waals surface area contributed by atoms with E-state index in [0.717, 1.165) is 25.7 Å². The quantitative estimate of drug-likeness (QED) is 0.526. The monoisotopic (exact) mass is 295 g/mol. The Morgan fingerprint density at radius 1 is 1.24 bits per heavy atom. The van der Waals surface area contributed by atoms with Gasteiger partial charge in [-0.25, -0.2) is 5.06 Å². The second kappa shape index (κ2) is 10.8. The highest BCUT2D eigenvalue weighted by Crippen LogP contribution is 2.21. The summed E-state index contributed by atoms with van der Waals surface area (Å²) in [5, 5.41) is 1.66. The summed E-state index contributed by atoms with van der Waals surface area (Å²) in [5.74, 6) is 0.160. The van der Waals surface area contributed by atoms with Crippen molar-refractivity contribution < 1.29 is 9.63 Å². The number of unbranched alkanes of at least 4 members (excludes halogenated alkanes) is 2. The molecule has 0 bridgehead atoms. The van der Waals surface area contributed by atoms with E-state index in [0.29, 0.717) is 6.42 Å². The number of hydrogen-bond donors (Lipinski definition) is 0. The third kappa shape index (κ3) is 7.12. The number of amides is 1. The first kappa shape index (κ1) is 18.2. The molecule has 3 nitrogen and oxygen atoms in total. The van der Waals surface area contributed by atoms with E-state index in [9.17, 15) is 4.79 Å². The van der Waals surface area contributed by atoms with Crippen molar-refractivity contribution in [2.45, 2.75) is 90.5 Å². The maximum Gasteiger partial charge on any atom is 0.246 e. The molecule has 1 aliphatic rings. The van der Waals surface area contributed by atoms with Crippen LogP contribution in [-0.2, 0) is 9.63 Å². The molecule has 3 heteroatoms. The van der Waals surface area contributed by atoms with Gasteiger partial charge < -0.3 is 0 Å². The van der Waals surface area contributed by atoms with Gasteiger partial charge in [0.1, 0.15) is 0 Å². The molecular weight excluding hydrogens is 262 g/mol. The lowest BCUT2D eigenvalue weighted by Gasteiger charge is -2.30. The molecule has 0 aliphatic carbocycles. The molecule has 1 aliphatic heterocycles. The summed E-state index contributed by atoms with van der Waals surface area (Å²) in [4.78, 5) is 17.8. The van der Waals surface area contributed by atoms with Crippen LogP contribution in [0.3, 0.4) is 0 Å². The van der Waals surface area contributed by atoms with Crippen LogP contribution in [-0.4, -0.2) is 24.1 Å². The minimum absolute atomic E-state index is 0.160. The van der Waals surface area contributed by atoms with Crippen molar-refractivity contribution in [1.29, 1.82) is 0 Å². The summed E-state index contributed by atoms with van der Waals surface area (Å²) < 4.78 is 0. The number of rotatable bonds is 5. The molecule has 21 heavy (non-hydrogen) atoms. The summed E-state index contributed by atoms with van der Waals surface area (Å²) in [6.07, 6.45) is 14.4. The van der Waals surface area contributed by atoms with Crippen molar-refractivity contribution in [1.82, 2.24) is 5.06 Å². The SMILES string of the molecule is CCCCCC1C/C(C)=C/CCCCCCC(=O)N1OC. The number of nitrogens with zero attached hydrogens (tertiary/aromatic N) is 1. The molecule has 0 aromatic carbocycles. The minimum atomic E-state index is 0.160. The summed E-state index contributed by atoms with van der Waals surface area (Å²) >= 11 is 0. The third-order valence-corrected chi connectivity index (χ3v) is 4.31. The number of carbonyl (C=O) groups excluding carboxylic acids is 1. The lowest BCUT2D eigenvalue weighted by molar-refractivity contribution is -0.189. The number of hydroxylamine groups is 2. The molecule has 1 amide bonds. The number of allylic oxidation sites excluding steroid dienone is 1. The van der Waals surface area contributed by atoms with Crippen molar-refractivity contribution in [2.75, 3.05) is 7.11 Å². The van der Waals surface area contributed by atoms with Crippen LogP contribution < -0.4 is 0 Å². The van der Waals surface area contributed by atoms with E-state index in [1.54, 1.807) is 12.2 Å². The summed E-state index contributed by atoms with van der Waals surface area (Å²) in [7, 11) is 1.63. The van der Waals surface area contributed by atoms with Crippen LogP contribution in [0.25, 0.3) is 0 Å². The number of hydrogen-bond acceptors (Lipinski definition) is 2. The fraction of sp³-hybridized carbons (Fsp3) is 0.833. The zero-order valence-electron chi connectivity index (χ0n) is 14.2. The van der Waals surface area contributed by atoms with Crippen LogP contribution in [0.2, 0.25) is 0 Å². The zero-order valence-corrected chi connectivity index (χ0v) is 14.2. The van der Waals surface area contributed by atoms with Gasteiger partial charge in [-0.1, -0.05) is 50.7 Å². The Morgan fingerprint density at radius 3 is 2.71 bits per heavy atom. The average Bonchev–Trinajstić information content (AvgIpc) is 2.45. The molecule has 0 aromatic rings. The first-order valence-corrected chi connectivity index (χ1v) is 8.70. The van der Waals surface area contributed by atoms with Crippen LogP contribution in [0.1, 0.15) is 84.5 Å². The van der Waals surface area contributed by atoms with Gasteiger partial charge in [0.15, 0.2) is 0 Å². The standard InChI is InChI=1S/C18H33NO2/c1-4-5-9-13-17-15-16(2)12-10-7-6-8-11-14-18(20)19(17)21-3/h12,17H,4-11,13-15H2,1-3H3/b16-12+. The van der Waals surface area contributed by atoms with Crippen LogP contribution in [0, 0.1) is 0 Å². The molecule has 0 aromatic heterocycles. The first-order valence-electron chi connectivity index (χ1n) is 8.70. The normalized spacial score (nSPS) is 24.9. The third-order valence-electron chi connectivity index (χ3n) is 4.31. The fourth-order valence-corrected chi connectivity index (χ4v) is 3.07. The molecule has 1 rings (SSSR count). The predicted octanol–water partition coefficient (Wildman–Crippen LogP) is 5.02. The van der Waals surface area contributed by atoms with Gasteiger partial charge in [-0.3, -0.25) is 9.63 Å². The van der Waals surface area contributed by atoms with Gasteiger partial charge in [0.25, 0.3) is 0 Å². The van der Waals surface area contributed by atoms with Crippen molar-refractivity contribution >= 4 is 5.91 Å². The molecule has 0 fully saturated rings. The predicted molar refractivity (Wildman–Crippen MR) is 87.9 cm³/mol. The molecular formula is C18H33NO2. The van der Waals surface area contributed by atoms with Gasteiger partial charge in [-0.15, -0.1) is 0 Å². The van der Waals surface area contributed by atoms with Crippen molar-refractivity contribution in [3.8, 4) is 0 Å². The molecule has 0 saturated heterocycles. The lowest BCUT2D eigenvalue weighted by atomic mass is 9.98. The Balaban J connectivity index is 2.76. The van der Waals surface area contributed by atoms with E-state index < -0.39 is 0 Å². The largest absolute Gasteiger partial charge is 0.274 e. The average molecular weight is 295 g/mol. The Bertz CT molecular complexity index is 325. The Hall–Kier alpha value is -0.830. The van der Waals surface area contributed by atoms with E-state index in [4.69, 9.17) is 4.84 Å². The smallest absolute Gasteiger partial charge is 0.246 e. The van der Waals surface area contributed by atoms with Crippen LogP contribution in [0.15, 0.2) is 11.6 Å². The van der Waals surface area contributed by atoms with Gasteiger partial charge >= 0.3 is 0 Å². The second-order valence-corrected chi connectivity index (χ2v) is 6.26. The highest BCUT2D eigenvalue weighted by molar-refractivity contribution is 5.75. The topological polar surface area (TPSA) is 29.5 Å². The molecule has 1 unspecified atom stereocenters. The molecule has 122 valence electrons. The van der Waals surface area contributed by atoms with Gasteiger partial charge in [0.05, 0.1) is 13.2 Å². The van der Waals surface area contributed by atoms with E-state index in [1.807, 2.05) is 0 Å². The molecule has 1 atom stereocenters. The van der Waals surface area contributed by atoms with E-state index in [-0.39, 0.29) is 11.9 Å². The lowest BCUT2D eigenvalue weighted by Crippen LogP contribution is -2.39. The fourth-order valence-electron chi connectivity index (χ4n) is 3.07. The molecule has 0 spiro atoms. The van der Waals surface area contributed by atoms with Gasteiger partial charge in [0.2, 0.25) is 5.91 Å². The highest BCUT2D eigenvalue weighted by Gasteiger charge is 2.23. The Morgan fingerprint density at radius 2 is 2.00 bits per heavy atom. The van der Waals surface area contributed by atoms with Gasteiger partial charge in [-0.2, -0.15) is 0 Å². The molecule has 0 saturated carbocycles. The minimum Gasteiger partial charge on any atom is -0.274 e. The van der Waals surface area contributed by atoms with Gasteiger partial charge in [0, 0.05) is 6.42 Å². The summed E-state index contributed by atoms with van der Waals surface area (Å²) in [6.45, 7) is 4.41. The van der Waals surface area contributed by atoms with E-state index in [2.05, 4.69) is 19.9 Å².